The molecule has 0 aromatic carbocycles. The molecular formula is C10H18O. The summed E-state index contributed by atoms with van der Waals surface area (Å²) in [5, 5.41) is 0. The Morgan fingerprint density at radius 2 is 2.36 bits per heavy atom. The fourth-order valence-corrected chi connectivity index (χ4v) is 1.64. The highest BCUT2D eigenvalue weighted by Crippen LogP contribution is 2.27. The summed E-state index contributed by atoms with van der Waals surface area (Å²) in [6.45, 7) is 7.66. The molecule has 0 saturated heterocycles. The highest BCUT2D eigenvalue weighted by atomic mass is 16.5. The van der Waals surface area contributed by atoms with Gasteiger partial charge in [0.1, 0.15) is 0 Å². The van der Waals surface area contributed by atoms with Crippen LogP contribution in [-0.2, 0) is 4.74 Å². The van der Waals surface area contributed by atoms with Gasteiger partial charge in [-0.2, -0.15) is 0 Å². The first-order chi connectivity index (χ1) is 5.24. The standard InChI is InChI=1S/C10H18O/c1-4-9-6-11-7-10(9)5-8(2)3/h6,8,10H,4-5,7H2,1-3H3. The van der Waals surface area contributed by atoms with Gasteiger partial charge in [0, 0.05) is 5.92 Å². The first-order valence-electron chi connectivity index (χ1n) is 4.54. The van der Waals surface area contributed by atoms with Crippen LogP contribution in [0.15, 0.2) is 11.8 Å². The topological polar surface area (TPSA) is 9.23 Å². The van der Waals surface area contributed by atoms with Crippen LogP contribution < -0.4 is 0 Å². The minimum absolute atomic E-state index is 0.708. The van der Waals surface area contributed by atoms with Gasteiger partial charge in [-0.05, 0) is 24.3 Å². The van der Waals surface area contributed by atoms with Gasteiger partial charge in [0.05, 0.1) is 12.9 Å². The van der Waals surface area contributed by atoms with Crippen LogP contribution in [0.1, 0.15) is 33.6 Å². The molecule has 1 atom stereocenters. The summed E-state index contributed by atoms with van der Waals surface area (Å²) >= 11 is 0. The lowest BCUT2D eigenvalue weighted by atomic mass is 9.91. The third kappa shape index (κ3) is 2.25. The second kappa shape index (κ2) is 3.80. The smallest absolute Gasteiger partial charge is 0.0939 e. The Hall–Kier alpha value is -0.460. The Kier molecular flexibility index (Phi) is 2.98. The highest BCUT2D eigenvalue weighted by Gasteiger charge is 2.19. The van der Waals surface area contributed by atoms with Crippen molar-refractivity contribution in [1.82, 2.24) is 0 Å². The van der Waals surface area contributed by atoms with E-state index in [0.717, 1.165) is 18.9 Å². The second-order valence-corrected chi connectivity index (χ2v) is 3.71. The predicted molar refractivity (Wildman–Crippen MR) is 47.3 cm³/mol. The summed E-state index contributed by atoms with van der Waals surface area (Å²) in [5.41, 5.74) is 1.50. The normalized spacial score (nSPS) is 23.6. The molecule has 1 heteroatoms. The van der Waals surface area contributed by atoms with Crippen LogP contribution in [0.25, 0.3) is 0 Å². The molecule has 1 unspecified atom stereocenters. The molecule has 64 valence electrons. The lowest BCUT2D eigenvalue weighted by Gasteiger charge is -2.13. The van der Waals surface area contributed by atoms with Crippen LogP contribution >= 0.6 is 0 Å². The predicted octanol–water partition coefficient (Wildman–Crippen LogP) is 2.97. The zero-order valence-corrected chi connectivity index (χ0v) is 7.76. The van der Waals surface area contributed by atoms with Crippen molar-refractivity contribution >= 4 is 0 Å². The summed E-state index contributed by atoms with van der Waals surface area (Å²) in [5.74, 6) is 1.50. The van der Waals surface area contributed by atoms with Gasteiger partial charge in [0.15, 0.2) is 0 Å². The molecule has 1 aliphatic heterocycles. The number of ether oxygens (including phenoxy) is 1. The molecule has 1 aliphatic rings. The average molecular weight is 154 g/mol. The third-order valence-electron chi connectivity index (χ3n) is 2.22. The van der Waals surface area contributed by atoms with Crippen LogP contribution in [0.4, 0.5) is 0 Å². The summed E-state index contributed by atoms with van der Waals surface area (Å²) in [4.78, 5) is 0. The molecule has 11 heavy (non-hydrogen) atoms. The Balaban J connectivity index is 2.40. The minimum atomic E-state index is 0.708. The van der Waals surface area contributed by atoms with Gasteiger partial charge < -0.3 is 4.74 Å². The second-order valence-electron chi connectivity index (χ2n) is 3.71. The maximum atomic E-state index is 5.30. The van der Waals surface area contributed by atoms with Crippen molar-refractivity contribution in [2.24, 2.45) is 11.8 Å². The van der Waals surface area contributed by atoms with Crippen LogP contribution in [0.5, 0.6) is 0 Å². The molecule has 0 N–H and O–H groups in total. The molecule has 1 nitrogen and oxygen atoms in total. The number of hydrogen-bond acceptors (Lipinski definition) is 1. The van der Waals surface area contributed by atoms with E-state index in [1.165, 1.54) is 12.0 Å². The van der Waals surface area contributed by atoms with Gasteiger partial charge in [-0.25, -0.2) is 0 Å². The summed E-state index contributed by atoms with van der Waals surface area (Å²) in [6, 6.07) is 0. The van der Waals surface area contributed by atoms with E-state index in [1.807, 2.05) is 6.26 Å². The fourth-order valence-electron chi connectivity index (χ4n) is 1.64. The van der Waals surface area contributed by atoms with E-state index in [2.05, 4.69) is 20.8 Å². The molecule has 0 spiro atoms. The lowest BCUT2D eigenvalue weighted by Crippen LogP contribution is -2.07. The molecule has 0 aromatic heterocycles. The van der Waals surface area contributed by atoms with E-state index >= 15 is 0 Å². The molecular weight excluding hydrogens is 136 g/mol. The Morgan fingerprint density at radius 3 is 2.91 bits per heavy atom. The molecule has 0 saturated carbocycles. The first-order valence-corrected chi connectivity index (χ1v) is 4.54. The van der Waals surface area contributed by atoms with Crippen LogP contribution in [0, 0.1) is 11.8 Å². The quantitative estimate of drug-likeness (QED) is 0.607. The molecule has 0 fully saturated rings. The third-order valence-corrected chi connectivity index (χ3v) is 2.22. The largest absolute Gasteiger partial charge is 0.501 e. The molecule has 1 heterocycles. The summed E-state index contributed by atoms with van der Waals surface area (Å²) in [7, 11) is 0. The molecule has 0 bridgehead atoms. The van der Waals surface area contributed by atoms with E-state index < -0.39 is 0 Å². The van der Waals surface area contributed by atoms with E-state index in [4.69, 9.17) is 4.74 Å². The van der Waals surface area contributed by atoms with Gasteiger partial charge in [-0.15, -0.1) is 0 Å². The zero-order valence-electron chi connectivity index (χ0n) is 7.76. The summed E-state index contributed by atoms with van der Waals surface area (Å²) < 4.78 is 5.30. The van der Waals surface area contributed by atoms with Gasteiger partial charge in [0.2, 0.25) is 0 Å². The number of rotatable bonds is 3. The van der Waals surface area contributed by atoms with Crippen LogP contribution in [0.2, 0.25) is 0 Å². The molecule has 1 rings (SSSR count). The van der Waals surface area contributed by atoms with Crippen molar-refractivity contribution in [2.45, 2.75) is 33.6 Å². The first kappa shape index (κ1) is 8.63. The van der Waals surface area contributed by atoms with Gasteiger partial charge in [-0.1, -0.05) is 20.8 Å². The Labute approximate surface area is 69.4 Å². The maximum absolute atomic E-state index is 5.30. The zero-order chi connectivity index (χ0) is 8.27. The minimum Gasteiger partial charge on any atom is -0.501 e. The van der Waals surface area contributed by atoms with E-state index in [9.17, 15) is 0 Å². The Bertz CT molecular complexity index is 147. The van der Waals surface area contributed by atoms with Gasteiger partial charge in [-0.3, -0.25) is 0 Å². The van der Waals surface area contributed by atoms with Crippen molar-refractivity contribution < 1.29 is 4.74 Å². The van der Waals surface area contributed by atoms with Gasteiger partial charge >= 0.3 is 0 Å². The molecule has 0 aliphatic carbocycles. The monoisotopic (exact) mass is 154 g/mol. The number of hydrogen-bond donors (Lipinski definition) is 0. The fraction of sp³-hybridized carbons (Fsp3) is 0.800. The highest BCUT2D eigenvalue weighted by molar-refractivity contribution is 5.07. The average Bonchev–Trinajstić information content (AvgIpc) is 2.34. The molecule has 0 radical (unpaired) electrons. The van der Waals surface area contributed by atoms with E-state index in [0.29, 0.717) is 5.92 Å². The van der Waals surface area contributed by atoms with Crippen molar-refractivity contribution in [3.8, 4) is 0 Å². The summed E-state index contributed by atoms with van der Waals surface area (Å²) in [6.07, 6.45) is 4.38. The van der Waals surface area contributed by atoms with Crippen molar-refractivity contribution in [3.63, 3.8) is 0 Å². The lowest BCUT2D eigenvalue weighted by molar-refractivity contribution is 0.235. The van der Waals surface area contributed by atoms with E-state index in [-0.39, 0.29) is 0 Å². The van der Waals surface area contributed by atoms with Crippen molar-refractivity contribution in [2.75, 3.05) is 6.61 Å². The van der Waals surface area contributed by atoms with Crippen LogP contribution in [0.3, 0.4) is 0 Å². The molecule has 0 aromatic rings. The SMILES string of the molecule is CCC1=COCC1CC(C)C. The van der Waals surface area contributed by atoms with E-state index in [1.54, 1.807) is 0 Å². The maximum Gasteiger partial charge on any atom is 0.0939 e. The van der Waals surface area contributed by atoms with Gasteiger partial charge in [0.25, 0.3) is 0 Å². The van der Waals surface area contributed by atoms with Crippen molar-refractivity contribution in [3.05, 3.63) is 11.8 Å². The Morgan fingerprint density at radius 1 is 1.64 bits per heavy atom. The molecule has 0 amide bonds. The van der Waals surface area contributed by atoms with Crippen molar-refractivity contribution in [1.29, 1.82) is 0 Å². The van der Waals surface area contributed by atoms with Crippen LogP contribution in [-0.4, -0.2) is 6.61 Å².